The Labute approximate surface area is 112 Å². The maximum atomic E-state index is 12.0. The number of nitrogens with zero attached hydrogens (tertiary/aromatic N) is 1. The third-order valence-electron chi connectivity index (χ3n) is 3.36. The molecule has 106 valence electrons. The fourth-order valence-electron chi connectivity index (χ4n) is 1.91. The third-order valence-corrected chi connectivity index (χ3v) is 3.36. The van der Waals surface area contributed by atoms with Crippen molar-refractivity contribution in [3.05, 3.63) is 11.1 Å². The maximum Gasteiger partial charge on any atom is 0.331 e. The van der Waals surface area contributed by atoms with Gasteiger partial charge in [-0.05, 0) is 33.6 Å². The van der Waals surface area contributed by atoms with Crippen molar-refractivity contribution >= 4 is 17.8 Å². The molecule has 0 aromatic carbocycles. The second kappa shape index (κ2) is 6.36. The molecule has 1 aliphatic heterocycles. The van der Waals surface area contributed by atoms with Crippen LogP contribution in [0.3, 0.4) is 0 Å². The Kier molecular flexibility index (Phi) is 5.09. The summed E-state index contributed by atoms with van der Waals surface area (Å²) in [5.41, 5.74) is 0.104. The lowest BCUT2D eigenvalue weighted by Gasteiger charge is -2.21. The molecule has 0 aromatic rings. The SMILES string of the molecule is CC(C(=O)O)=C(C)C(=O)NC(C)C(=O)N1CCCC1. The minimum Gasteiger partial charge on any atom is -0.478 e. The van der Waals surface area contributed by atoms with Crippen LogP contribution in [0.5, 0.6) is 0 Å². The molecular formula is C13H20N2O4. The summed E-state index contributed by atoms with van der Waals surface area (Å²) in [7, 11) is 0. The van der Waals surface area contributed by atoms with Gasteiger partial charge >= 0.3 is 5.97 Å². The van der Waals surface area contributed by atoms with Crippen LogP contribution in [-0.2, 0) is 14.4 Å². The topological polar surface area (TPSA) is 86.7 Å². The Balaban J connectivity index is 2.63. The summed E-state index contributed by atoms with van der Waals surface area (Å²) in [6.07, 6.45) is 1.98. The summed E-state index contributed by atoms with van der Waals surface area (Å²) < 4.78 is 0. The van der Waals surface area contributed by atoms with E-state index in [9.17, 15) is 14.4 Å². The Morgan fingerprint density at radius 2 is 1.63 bits per heavy atom. The molecule has 1 heterocycles. The van der Waals surface area contributed by atoms with Gasteiger partial charge in [0.1, 0.15) is 6.04 Å². The zero-order valence-electron chi connectivity index (χ0n) is 11.5. The summed E-state index contributed by atoms with van der Waals surface area (Å²) in [4.78, 5) is 36.3. The fourth-order valence-corrected chi connectivity index (χ4v) is 1.91. The highest BCUT2D eigenvalue weighted by Crippen LogP contribution is 2.10. The van der Waals surface area contributed by atoms with Gasteiger partial charge in [-0.15, -0.1) is 0 Å². The predicted molar refractivity (Wildman–Crippen MR) is 69.4 cm³/mol. The number of aliphatic carboxylic acids is 1. The van der Waals surface area contributed by atoms with E-state index in [2.05, 4.69) is 5.32 Å². The van der Waals surface area contributed by atoms with Gasteiger partial charge in [0.2, 0.25) is 11.8 Å². The number of amides is 2. The lowest BCUT2D eigenvalue weighted by atomic mass is 10.1. The van der Waals surface area contributed by atoms with Crippen LogP contribution in [-0.4, -0.2) is 46.9 Å². The van der Waals surface area contributed by atoms with E-state index in [0.29, 0.717) is 0 Å². The van der Waals surface area contributed by atoms with Crippen molar-refractivity contribution in [3.63, 3.8) is 0 Å². The van der Waals surface area contributed by atoms with Crippen LogP contribution in [0.15, 0.2) is 11.1 Å². The van der Waals surface area contributed by atoms with E-state index >= 15 is 0 Å². The zero-order valence-corrected chi connectivity index (χ0v) is 11.5. The van der Waals surface area contributed by atoms with Crippen molar-refractivity contribution in [1.82, 2.24) is 10.2 Å². The van der Waals surface area contributed by atoms with Crippen molar-refractivity contribution in [3.8, 4) is 0 Å². The molecule has 1 fully saturated rings. The van der Waals surface area contributed by atoms with Crippen molar-refractivity contribution in [2.45, 2.75) is 39.7 Å². The minimum atomic E-state index is -1.13. The van der Waals surface area contributed by atoms with Crippen LogP contribution in [0.25, 0.3) is 0 Å². The van der Waals surface area contributed by atoms with Crippen molar-refractivity contribution < 1.29 is 19.5 Å². The largest absolute Gasteiger partial charge is 0.478 e. The number of hydrogen-bond acceptors (Lipinski definition) is 3. The van der Waals surface area contributed by atoms with Crippen LogP contribution in [0.4, 0.5) is 0 Å². The van der Waals surface area contributed by atoms with E-state index in [0.717, 1.165) is 25.9 Å². The number of hydrogen-bond donors (Lipinski definition) is 2. The third kappa shape index (κ3) is 3.81. The van der Waals surface area contributed by atoms with Gasteiger partial charge in [0.15, 0.2) is 0 Å². The summed E-state index contributed by atoms with van der Waals surface area (Å²) in [5.74, 6) is -1.77. The first kappa shape index (κ1) is 15.2. The first-order chi connectivity index (χ1) is 8.84. The summed E-state index contributed by atoms with van der Waals surface area (Å²) in [6.45, 7) is 5.86. The number of likely N-dealkylation sites (tertiary alicyclic amines) is 1. The highest BCUT2D eigenvalue weighted by Gasteiger charge is 2.25. The van der Waals surface area contributed by atoms with Crippen molar-refractivity contribution in [1.29, 1.82) is 0 Å². The van der Waals surface area contributed by atoms with E-state index in [-0.39, 0.29) is 17.1 Å². The van der Waals surface area contributed by atoms with E-state index in [1.165, 1.54) is 13.8 Å². The smallest absolute Gasteiger partial charge is 0.331 e. The Morgan fingerprint density at radius 1 is 1.11 bits per heavy atom. The minimum absolute atomic E-state index is 0.0154. The maximum absolute atomic E-state index is 12.0. The lowest BCUT2D eigenvalue weighted by molar-refractivity contribution is -0.134. The van der Waals surface area contributed by atoms with E-state index in [4.69, 9.17) is 5.11 Å². The van der Waals surface area contributed by atoms with E-state index < -0.39 is 17.9 Å². The molecule has 1 atom stereocenters. The molecule has 19 heavy (non-hydrogen) atoms. The first-order valence-corrected chi connectivity index (χ1v) is 6.35. The number of rotatable bonds is 4. The van der Waals surface area contributed by atoms with Crippen molar-refractivity contribution in [2.24, 2.45) is 0 Å². The summed E-state index contributed by atoms with van der Waals surface area (Å²) >= 11 is 0. The highest BCUT2D eigenvalue weighted by molar-refractivity contribution is 6.02. The van der Waals surface area contributed by atoms with Gasteiger partial charge in [-0.3, -0.25) is 9.59 Å². The lowest BCUT2D eigenvalue weighted by Crippen LogP contribution is -2.46. The van der Waals surface area contributed by atoms with E-state index in [1.54, 1.807) is 11.8 Å². The van der Waals surface area contributed by atoms with Crippen LogP contribution < -0.4 is 5.32 Å². The quantitative estimate of drug-likeness (QED) is 0.728. The van der Waals surface area contributed by atoms with Gasteiger partial charge < -0.3 is 15.3 Å². The molecule has 0 radical (unpaired) electrons. The van der Waals surface area contributed by atoms with Gasteiger partial charge in [-0.25, -0.2) is 4.79 Å². The van der Waals surface area contributed by atoms with Gasteiger partial charge in [-0.1, -0.05) is 0 Å². The van der Waals surface area contributed by atoms with Gasteiger partial charge in [0.25, 0.3) is 0 Å². The second-order valence-electron chi connectivity index (χ2n) is 4.78. The second-order valence-corrected chi connectivity index (χ2v) is 4.78. The Bertz CT molecular complexity index is 422. The molecule has 0 saturated carbocycles. The summed E-state index contributed by atoms with van der Waals surface area (Å²) in [6, 6.07) is -0.637. The fraction of sp³-hybridized carbons (Fsp3) is 0.615. The highest BCUT2D eigenvalue weighted by atomic mass is 16.4. The molecule has 6 heteroatoms. The normalized spacial score (nSPS) is 17.7. The van der Waals surface area contributed by atoms with Gasteiger partial charge in [0.05, 0.1) is 0 Å². The van der Waals surface area contributed by atoms with Crippen LogP contribution in [0.1, 0.15) is 33.6 Å². The predicted octanol–water partition coefficient (Wildman–Crippen LogP) is 0.534. The number of carbonyl (C=O) groups is 3. The monoisotopic (exact) mass is 268 g/mol. The average Bonchev–Trinajstić information content (AvgIpc) is 2.89. The summed E-state index contributed by atoms with van der Waals surface area (Å²) in [5, 5.41) is 11.3. The number of nitrogens with one attached hydrogen (secondary N) is 1. The number of carbonyl (C=O) groups excluding carboxylic acids is 2. The molecule has 0 aliphatic carbocycles. The first-order valence-electron chi connectivity index (χ1n) is 6.35. The number of carboxylic acids is 1. The zero-order chi connectivity index (χ0) is 14.6. The molecule has 2 amide bonds. The molecule has 1 aliphatic rings. The molecular weight excluding hydrogens is 248 g/mol. The molecule has 1 rings (SSSR count). The molecule has 1 saturated heterocycles. The standard InChI is InChI=1S/C13H20N2O4/c1-8(9(2)13(18)19)11(16)14-10(3)12(17)15-6-4-5-7-15/h10H,4-7H2,1-3H3,(H,14,16)(H,18,19). The molecule has 2 N–H and O–H groups in total. The molecule has 1 unspecified atom stereocenters. The molecule has 0 bridgehead atoms. The van der Waals surface area contributed by atoms with Crippen LogP contribution in [0, 0.1) is 0 Å². The van der Waals surface area contributed by atoms with Crippen LogP contribution in [0.2, 0.25) is 0 Å². The Morgan fingerprint density at radius 3 is 2.11 bits per heavy atom. The molecule has 6 nitrogen and oxygen atoms in total. The van der Waals surface area contributed by atoms with Gasteiger partial charge in [0, 0.05) is 24.2 Å². The molecule has 0 spiro atoms. The average molecular weight is 268 g/mol. The number of carboxylic acid groups (broad SMARTS) is 1. The Hall–Kier alpha value is -1.85. The molecule has 0 aromatic heterocycles. The van der Waals surface area contributed by atoms with E-state index in [1.807, 2.05) is 0 Å². The van der Waals surface area contributed by atoms with Crippen LogP contribution >= 0.6 is 0 Å². The van der Waals surface area contributed by atoms with Crippen molar-refractivity contribution in [2.75, 3.05) is 13.1 Å². The van der Waals surface area contributed by atoms with Gasteiger partial charge in [-0.2, -0.15) is 0 Å².